The van der Waals surface area contributed by atoms with E-state index in [1.54, 1.807) is 17.4 Å². The van der Waals surface area contributed by atoms with E-state index in [0.29, 0.717) is 22.3 Å². The molecule has 0 saturated heterocycles. The molecule has 0 radical (unpaired) electrons. The molecular formula is C18H16N4O3S. The lowest BCUT2D eigenvalue weighted by atomic mass is 10.0. The van der Waals surface area contributed by atoms with E-state index < -0.39 is 0 Å². The van der Waals surface area contributed by atoms with Gasteiger partial charge in [-0.3, -0.25) is 15.2 Å². The minimum Gasteiger partial charge on any atom is -0.454 e. The summed E-state index contributed by atoms with van der Waals surface area (Å²) in [4.78, 5) is 18.3. The standard InChI is InChI=1S/C18H16N4O3S/c23-17(20-18-19-11-3-1-2-4-16(11)26-18)13-8-12(21-22-13)10-5-6-14-15(7-10)25-9-24-14/h5-8H,1-4,9H2,(H,21,22)(H,19,20,23). The minimum absolute atomic E-state index is 0.227. The summed E-state index contributed by atoms with van der Waals surface area (Å²) in [5, 5.41) is 10.6. The Balaban J connectivity index is 1.34. The van der Waals surface area contributed by atoms with E-state index in [2.05, 4.69) is 20.5 Å². The number of fused-ring (bicyclic) bond motifs is 2. The molecule has 2 aliphatic rings. The van der Waals surface area contributed by atoms with E-state index in [-0.39, 0.29) is 12.7 Å². The third-order valence-electron chi connectivity index (χ3n) is 4.56. The molecule has 2 N–H and O–H groups in total. The van der Waals surface area contributed by atoms with Gasteiger partial charge in [-0.15, -0.1) is 11.3 Å². The van der Waals surface area contributed by atoms with Crippen molar-refractivity contribution in [1.29, 1.82) is 0 Å². The highest BCUT2D eigenvalue weighted by atomic mass is 32.1. The highest BCUT2D eigenvalue weighted by Gasteiger charge is 2.19. The van der Waals surface area contributed by atoms with Crippen molar-refractivity contribution in [3.05, 3.63) is 40.5 Å². The summed E-state index contributed by atoms with van der Waals surface area (Å²) in [7, 11) is 0. The van der Waals surface area contributed by atoms with Gasteiger partial charge >= 0.3 is 0 Å². The monoisotopic (exact) mass is 368 g/mol. The second-order valence-corrected chi connectivity index (χ2v) is 7.37. The lowest BCUT2D eigenvalue weighted by Gasteiger charge is -2.06. The summed E-state index contributed by atoms with van der Waals surface area (Å²) in [5.41, 5.74) is 3.05. The van der Waals surface area contributed by atoms with Crippen LogP contribution in [0.25, 0.3) is 11.3 Å². The predicted molar refractivity (Wildman–Crippen MR) is 96.9 cm³/mol. The first-order valence-corrected chi connectivity index (χ1v) is 9.33. The Morgan fingerprint density at radius 1 is 1.15 bits per heavy atom. The second-order valence-electron chi connectivity index (χ2n) is 6.29. The van der Waals surface area contributed by atoms with Gasteiger partial charge in [-0.2, -0.15) is 5.10 Å². The fourth-order valence-electron chi connectivity index (χ4n) is 3.21. The molecule has 0 unspecified atom stereocenters. The number of aryl methyl sites for hydroxylation is 2. The van der Waals surface area contributed by atoms with E-state index >= 15 is 0 Å². The van der Waals surface area contributed by atoms with Gasteiger partial charge in [-0.05, 0) is 49.9 Å². The van der Waals surface area contributed by atoms with Gasteiger partial charge in [0.15, 0.2) is 16.6 Å². The van der Waals surface area contributed by atoms with Crippen LogP contribution >= 0.6 is 11.3 Å². The molecule has 0 atom stereocenters. The van der Waals surface area contributed by atoms with Crippen LogP contribution in [0, 0.1) is 0 Å². The van der Waals surface area contributed by atoms with Crippen LogP contribution in [-0.2, 0) is 12.8 Å². The number of nitrogens with one attached hydrogen (secondary N) is 2. The number of thiazole rings is 1. The minimum atomic E-state index is -0.240. The lowest BCUT2D eigenvalue weighted by Crippen LogP contribution is -2.12. The molecule has 0 saturated carbocycles. The van der Waals surface area contributed by atoms with Gasteiger partial charge in [0, 0.05) is 10.4 Å². The van der Waals surface area contributed by atoms with Crippen LogP contribution in [-0.4, -0.2) is 27.9 Å². The van der Waals surface area contributed by atoms with Crippen molar-refractivity contribution in [1.82, 2.24) is 15.2 Å². The van der Waals surface area contributed by atoms with E-state index in [4.69, 9.17) is 9.47 Å². The van der Waals surface area contributed by atoms with Crippen molar-refractivity contribution in [2.75, 3.05) is 12.1 Å². The Morgan fingerprint density at radius 3 is 2.96 bits per heavy atom. The van der Waals surface area contributed by atoms with Gasteiger partial charge < -0.3 is 9.47 Å². The molecular weight excluding hydrogens is 352 g/mol. The molecule has 8 heteroatoms. The first-order valence-electron chi connectivity index (χ1n) is 8.51. The summed E-state index contributed by atoms with van der Waals surface area (Å²) in [5.74, 6) is 1.16. The Bertz CT molecular complexity index is 971. The Labute approximate surface area is 153 Å². The molecule has 3 aromatic rings. The first kappa shape index (κ1) is 15.4. The number of hydrogen-bond acceptors (Lipinski definition) is 6. The van der Waals surface area contributed by atoms with E-state index in [0.717, 1.165) is 29.8 Å². The Morgan fingerprint density at radius 2 is 2.04 bits per heavy atom. The smallest absolute Gasteiger partial charge is 0.275 e. The van der Waals surface area contributed by atoms with E-state index in [1.807, 2.05) is 18.2 Å². The number of benzene rings is 1. The number of ether oxygens (including phenoxy) is 2. The fraction of sp³-hybridized carbons (Fsp3) is 0.278. The quantitative estimate of drug-likeness (QED) is 0.740. The number of H-pyrrole nitrogens is 1. The number of hydrogen-bond donors (Lipinski definition) is 2. The van der Waals surface area contributed by atoms with Gasteiger partial charge in [-0.25, -0.2) is 4.98 Å². The summed E-state index contributed by atoms with van der Waals surface area (Å²) in [6.07, 6.45) is 4.42. The molecule has 0 fully saturated rings. The molecule has 3 heterocycles. The van der Waals surface area contributed by atoms with E-state index in [9.17, 15) is 4.79 Å². The third kappa shape index (κ3) is 2.72. The topological polar surface area (TPSA) is 89.1 Å². The lowest BCUT2D eigenvalue weighted by molar-refractivity contribution is 0.102. The molecule has 0 spiro atoms. The number of aromatic nitrogens is 3. The molecule has 1 aliphatic carbocycles. The Hall–Kier alpha value is -2.87. The molecule has 1 aromatic carbocycles. The van der Waals surface area contributed by atoms with Crippen LogP contribution in [0.5, 0.6) is 11.5 Å². The molecule has 132 valence electrons. The normalized spacial score (nSPS) is 14.9. The highest BCUT2D eigenvalue weighted by Crippen LogP contribution is 2.35. The number of aromatic amines is 1. The van der Waals surface area contributed by atoms with Crippen LogP contribution in [0.2, 0.25) is 0 Å². The zero-order valence-electron chi connectivity index (χ0n) is 13.9. The zero-order chi connectivity index (χ0) is 17.5. The van der Waals surface area contributed by atoms with Crippen molar-refractivity contribution in [2.24, 2.45) is 0 Å². The Kier molecular flexibility index (Phi) is 3.63. The van der Waals surface area contributed by atoms with Crippen LogP contribution < -0.4 is 14.8 Å². The van der Waals surface area contributed by atoms with Gasteiger partial charge in [0.25, 0.3) is 5.91 Å². The average Bonchev–Trinajstić information content (AvgIpc) is 3.38. The number of nitrogens with zero attached hydrogens (tertiary/aromatic N) is 2. The summed E-state index contributed by atoms with van der Waals surface area (Å²) < 4.78 is 10.7. The van der Waals surface area contributed by atoms with Crippen molar-refractivity contribution in [3.63, 3.8) is 0 Å². The molecule has 1 amide bonds. The highest BCUT2D eigenvalue weighted by molar-refractivity contribution is 7.15. The maximum Gasteiger partial charge on any atom is 0.275 e. The van der Waals surface area contributed by atoms with Gasteiger partial charge in [0.2, 0.25) is 6.79 Å². The fourth-order valence-corrected chi connectivity index (χ4v) is 4.26. The summed E-state index contributed by atoms with van der Waals surface area (Å²) in [6.45, 7) is 0.227. The third-order valence-corrected chi connectivity index (χ3v) is 5.63. The summed E-state index contributed by atoms with van der Waals surface area (Å²) in [6, 6.07) is 7.31. The largest absolute Gasteiger partial charge is 0.454 e. The van der Waals surface area contributed by atoms with Crippen molar-refractivity contribution >= 4 is 22.4 Å². The molecule has 7 nitrogen and oxygen atoms in total. The molecule has 0 bridgehead atoms. The first-order chi connectivity index (χ1) is 12.8. The van der Waals surface area contributed by atoms with Crippen molar-refractivity contribution in [2.45, 2.75) is 25.7 Å². The van der Waals surface area contributed by atoms with Crippen LogP contribution in [0.4, 0.5) is 5.13 Å². The zero-order valence-corrected chi connectivity index (χ0v) is 14.7. The van der Waals surface area contributed by atoms with Gasteiger partial charge in [0.05, 0.1) is 11.4 Å². The predicted octanol–water partition coefficient (Wildman–Crippen LogP) is 3.39. The second kappa shape index (κ2) is 6.14. The number of rotatable bonds is 3. The van der Waals surface area contributed by atoms with Gasteiger partial charge in [-0.1, -0.05) is 0 Å². The average molecular weight is 368 g/mol. The van der Waals surface area contributed by atoms with Crippen LogP contribution in [0.3, 0.4) is 0 Å². The molecule has 2 aromatic heterocycles. The number of carbonyl (C=O) groups excluding carboxylic acids is 1. The van der Waals surface area contributed by atoms with Gasteiger partial charge in [0.1, 0.15) is 5.69 Å². The molecule has 5 rings (SSSR count). The summed E-state index contributed by atoms with van der Waals surface area (Å²) >= 11 is 1.57. The van der Waals surface area contributed by atoms with Crippen LogP contribution in [0.1, 0.15) is 33.9 Å². The number of carbonyl (C=O) groups is 1. The maximum atomic E-state index is 12.5. The molecule has 1 aliphatic heterocycles. The van der Waals surface area contributed by atoms with E-state index in [1.165, 1.54) is 17.7 Å². The van der Waals surface area contributed by atoms with Crippen molar-refractivity contribution < 1.29 is 14.3 Å². The maximum absolute atomic E-state index is 12.5. The van der Waals surface area contributed by atoms with Crippen molar-refractivity contribution in [3.8, 4) is 22.8 Å². The number of amides is 1. The number of anilines is 1. The van der Waals surface area contributed by atoms with Crippen LogP contribution in [0.15, 0.2) is 24.3 Å². The SMILES string of the molecule is O=C(Nc1nc2c(s1)CCCC2)c1cc(-c2ccc3c(c2)OCO3)n[nH]1. The molecule has 26 heavy (non-hydrogen) atoms.